The molecule has 0 unspecified atom stereocenters. The van der Waals surface area contributed by atoms with Crippen molar-refractivity contribution in [3.63, 3.8) is 0 Å². The Morgan fingerprint density at radius 3 is 2.92 bits per heavy atom. The predicted molar refractivity (Wildman–Crippen MR) is 48.2 cm³/mol. The van der Waals surface area contributed by atoms with Crippen molar-refractivity contribution in [3.8, 4) is 0 Å². The van der Waals surface area contributed by atoms with Gasteiger partial charge in [-0.2, -0.15) is 5.10 Å². The topological polar surface area (TPSA) is 93.0 Å². The lowest BCUT2D eigenvalue weighted by atomic mass is 10.4. The van der Waals surface area contributed by atoms with Gasteiger partial charge in [0.15, 0.2) is 5.82 Å². The Balaban J connectivity index is 2.64. The Morgan fingerprint density at radius 1 is 1.77 bits per heavy atom. The second kappa shape index (κ2) is 3.90. The zero-order chi connectivity index (χ0) is 9.84. The summed E-state index contributed by atoms with van der Waals surface area (Å²) in [6.07, 6.45) is 0. The molecular weight excluding hydrogens is 172 g/mol. The van der Waals surface area contributed by atoms with Gasteiger partial charge >= 0.3 is 0 Å². The number of aryl methyl sites for hydroxylation is 1. The minimum atomic E-state index is -0.277. The molecule has 0 radical (unpaired) electrons. The summed E-state index contributed by atoms with van der Waals surface area (Å²) < 4.78 is 4.63. The van der Waals surface area contributed by atoms with Crippen molar-refractivity contribution in [2.24, 2.45) is 0 Å². The zero-order valence-electron chi connectivity index (χ0n) is 7.55. The Bertz CT molecular complexity index is 307. The Labute approximate surface area is 75.5 Å². The third-order valence-corrected chi connectivity index (χ3v) is 1.53. The van der Waals surface area contributed by atoms with Crippen LogP contribution in [0, 0.1) is 6.92 Å². The van der Waals surface area contributed by atoms with E-state index in [1.54, 1.807) is 6.92 Å². The van der Waals surface area contributed by atoms with Crippen molar-refractivity contribution in [1.29, 1.82) is 0 Å². The van der Waals surface area contributed by atoms with Gasteiger partial charge in [-0.05, 0) is 6.92 Å². The fourth-order valence-corrected chi connectivity index (χ4v) is 0.832. The minimum Gasteiger partial charge on any atom is -0.394 e. The van der Waals surface area contributed by atoms with Crippen LogP contribution in [-0.4, -0.2) is 29.8 Å². The predicted octanol–water partition coefficient (Wildman–Crippen LogP) is -0.115. The van der Waals surface area contributed by atoms with E-state index in [9.17, 15) is 4.79 Å². The average molecular weight is 184 g/mol. The van der Waals surface area contributed by atoms with Crippen LogP contribution in [0.3, 0.4) is 0 Å². The van der Waals surface area contributed by atoms with Crippen molar-refractivity contribution in [2.45, 2.75) is 6.92 Å². The van der Waals surface area contributed by atoms with Crippen LogP contribution >= 0.6 is 0 Å². The fraction of sp³-hybridized carbons (Fsp3) is 0.429. The lowest BCUT2D eigenvalue weighted by molar-refractivity contribution is -0.119. The van der Waals surface area contributed by atoms with Gasteiger partial charge in [0, 0.05) is 7.11 Å². The summed E-state index contributed by atoms with van der Waals surface area (Å²) in [5.74, 6) is 0.0697. The van der Waals surface area contributed by atoms with Crippen LogP contribution < -0.4 is 11.1 Å². The number of aromatic nitrogens is 2. The number of ether oxygens (including phenoxy) is 1. The molecule has 0 aliphatic rings. The molecule has 0 saturated carbocycles. The van der Waals surface area contributed by atoms with Crippen molar-refractivity contribution >= 4 is 17.4 Å². The van der Waals surface area contributed by atoms with Gasteiger partial charge in [-0.15, -0.1) is 0 Å². The molecule has 1 aromatic heterocycles. The molecule has 13 heavy (non-hydrogen) atoms. The first-order chi connectivity index (χ1) is 6.15. The lowest BCUT2D eigenvalue weighted by Crippen LogP contribution is -2.18. The molecule has 4 N–H and O–H groups in total. The molecule has 0 fully saturated rings. The number of carbonyl (C=O) groups is 1. The summed E-state index contributed by atoms with van der Waals surface area (Å²) in [5.41, 5.74) is 6.78. The molecule has 0 spiro atoms. The summed E-state index contributed by atoms with van der Waals surface area (Å²) in [4.78, 5) is 11.0. The molecule has 1 amide bonds. The van der Waals surface area contributed by atoms with E-state index in [0.29, 0.717) is 11.5 Å². The van der Waals surface area contributed by atoms with E-state index in [4.69, 9.17) is 5.73 Å². The third kappa shape index (κ3) is 2.19. The molecule has 6 nitrogen and oxygen atoms in total. The van der Waals surface area contributed by atoms with Crippen LogP contribution in [0.4, 0.5) is 11.5 Å². The first-order valence-electron chi connectivity index (χ1n) is 3.74. The number of nitrogen functional groups attached to an aromatic ring is 1. The quantitative estimate of drug-likeness (QED) is 0.610. The van der Waals surface area contributed by atoms with Gasteiger partial charge in [-0.25, -0.2) is 0 Å². The monoisotopic (exact) mass is 184 g/mol. The van der Waals surface area contributed by atoms with Crippen molar-refractivity contribution < 1.29 is 9.53 Å². The molecule has 0 saturated heterocycles. The largest absolute Gasteiger partial charge is 0.394 e. The number of amides is 1. The summed E-state index contributed by atoms with van der Waals surface area (Å²) >= 11 is 0. The Morgan fingerprint density at radius 2 is 2.46 bits per heavy atom. The van der Waals surface area contributed by atoms with Crippen LogP contribution in [0.2, 0.25) is 0 Å². The number of rotatable bonds is 3. The molecule has 1 aromatic rings. The summed E-state index contributed by atoms with van der Waals surface area (Å²) in [5, 5.41) is 8.95. The highest BCUT2D eigenvalue weighted by atomic mass is 16.5. The molecule has 0 aromatic carbocycles. The zero-order valence-corrected chi connectivity index (χ0v) is 7.55. The second-order valence-electron chi connectivity index (χ2n) is 2.59. The standard InChI is InChI=1S/C7H12N4O2/c1-4-6(8)7(11-10-4)9-5(12)3-13-2/h3,8H2,1-2H3,(H2,9,10,11,12). The Hall–Kier alpha value is -1.56. The van der Waals surface area contributed by atoms with Crippen LogP contribution in [0.1, 0.15) is 5.69 Å². The molecule has 0 atom stereocenters. The number of nitrogens with two attached hydrogens (primary N) is 1. The van der Waals surface area contributed by atoms with Gasteiger partial charge in [-0.1, -0.05) is 0 Å². The number of nitrogens with zero attached hydrogens (tertiary/aromatic N) is 1. The van der Waals surface area contributed by atoms with Crippen molar-refractivity contribution in [3.05, 3.63) is 5.69 Å². The van der Waals surface area contributed by atoms with Crippen LogP contribution in [0.15, 0.2) is 0 Å². The van der Waals surface area contributed by atoms with Gasteiger partial charge in [0.25, 0.3) is 5.91 Å². The Kier molecular flexibility index (Phi) is 2.86. The second-order valence-corrected chi connectivity index (χ2v) is 2.59. The lowest BCUT2D eigenvalue weighted by Gasteiger charge is -2.00. The van der Waals surface area contributed by atoms with E-state index in [0.717, 1.165) is 5.69 Å². The van der Waals surface area contributed by atoms with Gasteiger partial charge in [0.2, 0.25) is 0 Å². The van der Waals surface area contributed by atoms with E-state index in [2.05, 4.69) is 20.3 Å². The molecule has 72 valence electrons. The number of aromatic amines is 1. The van der Waals surface area contributed by atoms with Crippen LogP contribution in [-0.2, 0) is 9.53 Å². The number of hydrogen-bond acceptors (Lipinski definition) is 4. The van der Waals surface area contributed by atoms with E-state index in [1.807, 2.05) is 0 Å². The van der Waals surface area contributed by atoms with E-state index < -0.39 is 0 Å². The number of carbonyl (C=O) groups excluding carboxylic acids is 1. The fourth-order valence-electron chi connectivity index (χ4n) is 0.832. The van der Waals surface area contributed by atoms with Crippen LogP contribution in [0.25, 0.3) is 0 Å². The van der Waals surface area contributed by atoms with Crippen LogP contribution in [0.5, 0.6) is 0 Å². The smallest absolute Gasteiger partial charge is 0.251 e. The van der Waals surface area contributed by atoms with Gasteiger partial charge < -0.3 is 15.8 Å². The molecule has 1 rings (SSSR count). The maximum atomic E-state index is 11.0. The highest BCUT2D eigenvalue weighted by Gasteiger charge is 2.09. The summed E-state index contributed by atoms with van der Waals surface area (Å²) in [7, 11) is 1.44. The van der Waals surface area contributed by atoms with Gasteiger partial charge in [0.1, 0.15) is 6.61 Å². The van der Waals surface area contributed by atoms with Gasteiger partial charge in [0.05, 0.1) is 11.4 Å². The maximum absolute atomic E-state index is 11.0. The molecular formula is C7H12N4O2. The minimum absolute atomic E-state index is 0.00858. The van der Waals surface area contributed by atoms with Crippen molar-refractivity contribution in [2.75, 3.05) is 24.8 Å². The van der Waals surface area contributed by atoms with Crippen molar-refractivity contribution in [1.82, 2.24) is 10.2 Å². The van der Waals surface area contributed by atoms with E-state index >= 15 is 0 Å². The summed E-state index contributed by atoms with van der Waals surface area (Å²) in [6, 6.07) is 0. The number of anilines is 2. The van der Waals surface area contributed by atoms with E-state index in [-0.39, 0.29) is 12.5 Å². The highest BCUT2D eigenvalue weighted by molar-refractivity contribution is 5.93. The third-order valence-electron chi connectivity index (χ3n) is 1.53. The number of methoxy groups -OCH3 is 1. The maximum Gasteiger partial charge on any atom is 0.251 e. The number of H-pyrrole nitrogens is 1. The number of hydrogen-bond donors (Lipinski definition) is 3. The molecule has 0 bridgehead atoms. The first-order valence-corrected chi connectivity index (χ1v) is 3.74. The molecule has 1 heterocycles. The van der Waals surface area contributed by atoms with E-state index in [1.165, 1.54) is 7.11 Å². The molecule has 0 aliphatic carbocycles. The first kappa shape index (κ1) is 9.53. The molecule has 6 heteroatoms. The van der Waals surface area contributed by atoms with Gasteiger partial charge in [-0.3, -0.25) is 9.89 Å². The number of nitrogens with one attached hydrogen (secondary N) is 2. The summed E-state index contributed by atoms with van der Waals surface area (Å²) in [6.45, 7) is 1.76. The highest BCUT2D eigenvalue weighted by Crippen LogP contribution is 2.17. The SMILES string of the molecule is COCC(=O)Nc1n[nH]c(C)c1N. The normalized spacial score (nSPS) is 10.0. The molecule has 0 aliphatic heterocycles. The average Bonchev–Trinajstić information content (AvgIpc) is 2.37.